The van der Waals surface area contributed by atoms with Gasteiger partial charge in [-0.2, -0.15) is 13.2 Å². The molecule has 3 N–H and O–H groups in total. The summed E-state index contributed by atoms with van der Waals surface area (Å²) in [6, 6.07) is 1.42. The van der Waals surface area contributed by atoms with Gasteiger partial charge in [-0.05, 0) is 6.07 Å². The number of sulfonamides is 1. The summed E-state index contributed by atoms with van der Waals surface area (Å²) in [5.41, 5.74) is 5.36. The zero-order valence-corrected chi connectivity index (χ0v) is 11.4. The molecule has 0 bridgehead atoms. The molecule has 0 radical (unpaired) electrons. The van der Waals surface area contributed by atoms with Gasteiger partial charge in [0.05, 0.1) is 11.5 Å². The van der Waals surface area contributed by atoms with Gasteiger partial charge in [-0.1, -0.05) is 0 Å². The van der Waals surface area contributed by atoms with Crippen molar-refractivity contribution in [1.82, 2.24) is 4.72 Å². The summed E-state index contributed by atoms with van der Waals surface area (Å²) in [6.07, 6.45) is -4.41. The standard InChI is InChI=1S/C9H13F3N2O3S2/c10-9(11,12)6-17-2-1-14-19(15,16)8-3-7(4-13)18-5-8/h3,5,14H,1-2,4,6,13H2. The molecule has 1 rings (SSSR count). The van der Waals surface area contributed by atoms with E-state index in [2.05, 4.69) is 9.46 Å². The molecule has 1 aromatic heterocycles. The monoisotopic (exact) mass is 318 g/mol. The van der Waals surface area contributed by atoms with Gasteiger partial charge < -0.3 is 10.5 Å². The lowest BCUT2D eigenvalue weighted by Gasteiger charge is -2.08. The van der Waals surface area contributed by atoms with E-state index in [9.17, 15) is 21.6 Å². The summed E-state index contributed by atoms with van der Waals surface area (Å²) in [7, 11) is -3.72. The minimum atomic E-state index is -4.41. The van der Waals surface area contributed by atoms with E-state index in [1.54, 1.807) is 0 Å². The first-order valence-corrected chi connectivity index (χ1v) is 7.52. The van der Waals surface area contributed by atoms with Crippen LogP contribution in [0.25, 0.3) is 0 Å². The van der Waals surface area contributed by atoms with Gasteiger partial charge in [-0.15, -0.1) is 11.3 Å². The molecule has 5 nitrogen and oxygen atoms in total. The van der Waals surface area contributed by atoms with E-state index >= 15 is 0 Å². The van der Waals surface area contributed by atoms with Crippen LogP contribution in [0, 0.1) is 0 Å². The molecule has 0 saturated heterocycles. The Morgan fingerprint density at radius 1 is 1.42 bits per heavy atom. The second-order valence-corrected chi connectivity index (χ2v) is 6.28. The zero-order valence-electron chi connectivity index (χ0n) is 9.74. The van der Waals surface area contributed by atoms with Crippen LogP contribution in [-0.4, -0.2) is 34.4 Å². The molecule has 0 atom stereocenters. The average molecular weight is 318 g/mol. The lowest BCUT2D eigenvalue weighted by Crippen LogP contribution is -2.28. The van der Waals surface area contributed by atoms with Crippen LogP contribution in [-0.2, 0) is 21.3 Å². The lowest BCUT2D eigenvalue weighted by molar-refractivity contribution is -0.173. The molecule has 0 aromatic carbocycles. The maximum Gasteiger partial charge on any atom is 0.411 e. The molecular weight excluding hydrogens is 305 g/mol. The number of rotatable bonds is 7. The fourth-order valence-electron chi connectivity index (χ4n) is 1.13. The van der Waals surface area contributed by atoms with Crippen LogP contribution in [0.15, 0.2) is 16.3 Å². The summed E-state index contributed by atoms with van der Waals surface area (Å²) < 4.78 is 65.1. The Kier molecular flexibility index (Phi) is 5.74. The highest BCUT2D eigenvalue weighted by atomic mass is 32.2. The number of ether oxygens (including phenoxy) is 1. The van der Waals surface area contributed by atoms with Gasteiger partial charge in [0.15, 0.2) is 0 Å². The molecule has 1 heterocycles. The van der Waals surface area contributed by atoms with E-state index in [0.29, 0.717) is 4.88 Å². The topological polar surface area (TPSA) is 81.4 Å². The molecule has 0 saturated carbocycles. The maximum atomic E-state index is 11.7. The first-order valence-electron chi connectivity index (χ1n) is 5.16. The van der Waals surface area contributed by atoms with Crippen LogP contribution >= 0.6 is 11.3 Å². The van der Waals surface area contributed by atoms with Crippen molar-refractivity contribution in [3.63, 3.8) is 0 Å². The fourth-order valence-corrected chi connectivity index (χ4v) is 3.30. The summed E-state index contributed by atoms with van der Waals surface area (Å²) in [5.74, 6) is 0. The summed E-state index contributed by atoms with van der Waals surface area (Å²) in [6.45, 7) is -1.75. The molecule has 0 aliphatic carbocycles. The molecular formula is C9H13F3N2O3S2. The average Bonchev–Trinajstić information content (AvgIpc) is 2.76. The van der Waals surface area contributed by atoms with Crippen LogP contribution in [0.1, 0.15) is 4.88 Å². The second kappa shape index (κ2) is 6.66. The molecule has 0 fully saturated rings. The van der Waals surface area contributed by atoms with Crippen molar-refractivity contribution >= 4 is 21.4 Å². The van der Waals surface area contributed by atoms with Gasteiger partial charge in [0.2, 0.25) is 10.0 Å². The molecule has 0 spiro atoms. The Bertz CT molecular complexity index is 499. The number of alkyl halides is 3. The highest BCUT2D eigenvalue weighted by Gasteiger charge is 2.27. The molecule has 19 heavy (non-hydrogen) atoms. The largest absolute Gasteiger partial charge is 0.411 e. The minimum Gasteiger partial charge on any atom is -0.371 e. The normalized spacial score (nSPS) is 12.8. The molecule has 0 aliphatic rings. The van der Waals surface area contributed by atoms with E-state index in [1.165, 1.54) is 22.8 Å². The molecule has 110 valence electrons. The first-order chi connectivity index (χ1) is 8.74. The third-order valence-electron chi connectivity index (χ3n) is 1.95. The van der Waals surface area contributed by atoms with Crippen molar-refractivity contribution in [2.24, 2.45) is 5.73 Å². The Morgan fingerprint density at radius 2 is 2.11 bits per heavy atom. The van der Waals surface area contributed by atoms with E-state index < -0.39 is 22.8 Å². The van der Waals surface area contributed by atoms with Crippen LogP contribution in [0.5, 0.6) is 0 Å². The quantitative estimate of drug-likeness (QED) is 0.737. The highest BCUT2D eigenvalue weighted by molar-refractivity contribution is 7.89. The van der Waals surface area contributed by atoms with Crippen molar-refractivity contribution < 1.29 is 26.3 Å². The van der Waals surface area contributed by atoms with Crippen molar-refractivity contribution in [2.75, 3.05) is 19.8 Å². The number of hydrogen-bond donors (Lipinski definition) is 2. The predicted octanol–water partition coefficient (Wildman–Crippen LogP) is 1.06. The number of nitrogens with two attached hydrogens (primary N) is 1. The lowest BCUT2D eigenvalue weighted by atomic mass is 10.5. The van der Waals surface area contributed by atoms with Gasteiger partial charge in [0.1, 0.15) is 6.61 Å². The van der Waals surface area contributed by atoms with Gasteiger partial charge >= 0.3 is 6.18 Å². The predicted molar refractivity (Wildman–Crippen MR) is 64.3 cm³/mol. The zero-order chi connectivity index (χ0) is 14.5. The highest BCUT2D eigenvalue weighted by Crippen LogP contribution is 2.18. The Morgan fingerprint density at radius 3 is 2.63 bits per heavy atom. The number of halogens is 3. The smallest absolute Gasteiger partial charge is 0.371 e. The van der Waals surface area contributed by atoms with Crippen molar-refractivity contribution in [3.8, 4) is 0 Å². The molecule has 10 heteroatoms. The minimum absolute atomic E-state index is 0.0498. The van der Waals surface area contributed by atoms with Crippen LogP contribution in [0.3, 0.4) is 0 Å². The summed E-state index contributed by atoms with van der Waals surface area (Å²) in [4.78, 5) is 0.752. The van der Waals surface area contributed by atoms with Gasteiger partial charge in [-0.25, -0.2) is 13.1 Å². The summed E-state index contributed by atoms with van der Waals surface area (Å²) in [5, 5.41) is 1.42. The van der Waals surface area contributed by atoms with Gasteiger partial charge in [-0.3, -0.25) is 0 Å². The van der Waals surface area contributed by atoms with Crippen molar-refractivity contribution in [2.45, 2.75) is 17.6 Å². The molecule has 0 unspecified atom stereocenters. The molecule has 0 aliphatic heterocycles. The Labute approximate surface area is 112 Å². The van der Waals surface area contributed by atoms with Gasteiger partial charge in [0.25, 0.3) is 0 Å². The third kappa shape index (κ3) is 5.87. The van der Waals surface area contributed by atoms with E-state index in [4.69, 9.17) is 5.73 Å². The second-order valence-electron chi connectivity index (χ2n) is 3.52. The summed E-state index contributed by atoms with van der Waals surface area (Å²) >= 11 is 1.20. The van der Waals surface area contributed by atoms with E-state index in [-0.39, 0.29) is 24.6 Å². The first kappa shape index (κ1) is 16.4. The van der Waals surface area contributed by atoms with Crippen LogP contribution in [0.4, 0.5) is 13.2 Å². The Hall–Kier alpha value is -0.680. The van der Waals surface area contributed by atoms with E-state index in [1.807, 2.05) is 0 Å². The van der Waals surface area contributed by atoms with Gasteiger partial charge in [0, 0.05) is 23.3 Å². The third-order valence-corrected chi connectivity index (χ3v) is 4.49. The maximum absolute atomic E-state index is 11.7. The SMILES string of the molecule is NCc1cc(S(=O)(=O)NCCOCC(F)(F)F)cs1. The Balaban J connectivity index is 2.39. The van der Waals surface area contributed by atoms with Crippen molar-refractivity contribution in [1.29, 1.82) is 0 Å². The molecule has 1 aromatic rings. The molecule has 0 amide bonds. The van der Waals surface area contributed by atoms with Crippen molar-refractivity contribution in [3.05, 3.63) is 16.3 Å². The van der Waals surface area contributed by atoms with Crippen LogP contribution < -0.4 is 10.5 Å². The van der Waals surface area contributed by atoms with Crippen LogP contribution in [0.2, 0.25) is 0 Å². The fraction of sp³-hybridized carbons (Fsp3) is 0.556. The van der Waals surface area contributed by atoms with E-state index in [0.717, 1.165) is 0 Å². The number of nitrogens with one attached hydrogen (secondary N) is 1. The number of thiophene rings is 1. The number of hydrogen-bond acceptors (Lipinski definition) is 5.